The summed E-state index contributed by atoms with van der Waals surface area (Å²) < 4.78 is 0. The Morgan fingerprint density at radius 1 is 0.636 bits per heavy atom. The molecule has 0 saturated carbocycles. The molecule has 0 aromatic heterocycles. The van der Waals surface area contributed by atoms with Crippen molar-refractivity contribution in [2.75, 3.05) is 11.5 Å². The number of hydrogen-bond acceptors (Lipinski definition) is 2. The first-order valence-corrected chi connectivity index (χ1v) is 11.8. The number of nitrogen functional groups attached to an aromatic ring is 2. The maximum absolute atomic E-state index is 6.42. The number of benzene rings is 4. The van der Waals surface area contributed by atoms with Crippen LogP contribution in [-0.2, 0) is 18.3 Å². The zero-order chi connectivity index (χ0) is 23.6. The van der Waals surface area contributed by atoms with Crippen molar-refractivity contribution in [1.82, 2.24) is 0 Å². The third kappa shape index (κ3) is 4.14. The SMILES string of the molecule is CCc1cc(C(C)(c2ccc(-c3ccccc3)cc2)c2cc(C)c(N)c(CC)c2)ccc1N. The fourth-order valence-corrected chi connectivity index (χ4v) is 4.80. The lowest BCUT2D eigenvalue weighted by Crippen LogP contribution is -2.26. The summed E-state index contributed by atoms with van der Waals surface area (Å²) in [5.41, 5.74) is 23.8. The molecule has 0 bridgehead atoms. The predicted octanol–water partition coefficient (Wildman–Crippen LogP) is 7.31. The molecule has 0 spiro atoms. The number of anilines is 2. The Morgan fingerprint density at radius 2 is 1.21 bits per heavy atom. The van der Waals surface area contributed by atoms with Gasteiger partial charge in [0, 0.05) is 16.8 Å². The van der Waals surface area contributed by atoms with E-state index in [1.54, 1.807) is 0 Å². The Kier molecular flexibility index (Phi) is 6.29. The van der Waals surface area contributed by atoms with Gasteiger partial charge in [-0.15, -0.1) is 0 Å². The quantitative estimate of drug-likeness (QED) is 0.247. The Balaban J connectivity index is 1.93. The van der Waals surface area contributed by atoms with Crippen LogP contribution in [0.5, 0.6) is 0 Å². The van der Waals surface area contributed by atoms with Crippen LogP contribution in [0.25, 0.3) is 11.1 Å². The minimum atomic E-state index is -0.338. The molecule has 0 saturated heterocycles. The van der Waals surface area contributed by atoms with Gasteiger partial charge in [-0.05, 0) is 77.3 Å². The lowest BCUT2D eigenvalue weighted by Gasteiger charge is -2.34. The van der Waals surface area contributed by atoms with E-state index in [1.165, 1.54) is 38.9 Å². The maximum Gasteiger partial charge on any atom is 0.0423 e. The normalized spacial score (nSPS) is 13.0. The van der Waals surface area contributed by atoms with Gasteiger partial charge in [-0.2, -0.15) is 0 Å². The van der Waals surface area contributed by atoms with Crippen LogP contribution in [0.15, 0.2) is 84.9 Å². The van der Waals surface area contributed by atoms with Crippen molar-refractivity contribution in [2.45, 2.75) is 46.0 Å². The zero-order valence-corrected chi connectivity index (χ0v) is 20.2. The summed E-state index contributed by atoms with van der Waals surface area (Å²) in [5, 5.41) is 0. The summed E-state index contributed by atoms with van der Waals surface area (Å²) in [7, 11) is 0. The van der Waals surface area contributed by atoms with Crippen LogP contribution < -0.4 is 11.5 Å². The van der Waals surface area contributed by atoms with E-state index in [1.807, 2.05) is 0 Å². The number of rotatable bonds is 6. The molecule has 1 atom stereocenters. The molecule has 4 aromatic rings. The molecular weight excluding hydrogens is 400 g/mol. The summed E-state index contributed by atoms with van der Waals surface area (Å²) >= 11 is 0. The molecule has 4 rings (SSSR count). The van der Waals surface area contributed by atoms with Gasteiger partial charge >= 0.3 is 0 Å². The van der Waals surface area contributed by atoms with E-state index in [9.17, 15) is 0 Å². The monoisotopic (exact) mass is 434 g/mol. The van der Waals surface area contributed by atoms with Gasteiger partial charge in [0.15, 0.2) is 0 Å². The van der Waals surface area contributed by atoms with E-state index in [-0.39, 0.29) is 5.41 Å². The molecule has 0 heterocycles. The number of hydrogen-bond donors (Lipinski definition) is 2. The summed E-state index contributed by atoms with van der Waals surface area (Å²) in [6.45, 7) is 8.75. The molecule has 0 aliphatic heterocycles. The second-order valence-electron chi connectivity index (χ2n) is 9.06. The molecule has 2 nitrogen and oxygen atoms in total. The molecule has 0 fully saturated rings. The molecule has 0 aliphatic rings. The van der Waals surface area contributed by atoms with E-state index in [0.29, 0.717) is 0 Å². The molecule has 2 heteroatoms. The minimum absolute atomic E-state index is 0.338. The van der Waals surface area contributed by atoms with Gasteiger partial charge in [0.25, 0.3) is 0 Å². The fraction of sp³-hybridized carbons (Fsp3) is 0.226. The van der Waals surface area contributed by atoms with Gasteiger partial charge in [-0.1, -0.05) is 92.7 Å². The van der Waals surface area contributed by atoms with Crippen LogP contribution >= 0.6 is 0 Å². The molecule has 168 valence electrons. The smallest absolute Gasteiger partial charge is 0.0423 e. The summed E-state index contributed by atoms with van der Waals surface area (Å²) in [6.07, 6.45) is 1.81. The average Bonchev–Trinajstić information content (AvgIpc) is 2.86. The molecule has 1 unspecified atom stereocenters. The van der Waals surface area contributed by atoms with Gasteiger partial charge in [0.2, 0.25) is 0 Å². The predicted molar refractivity (Wildman–Crippen MR) is 143 cm³/mol. The third-order valence-electron chi connectivity index (χ3n) is 7.10. The minimum Gasteiger partial charge on any atom is -0.399 e. The highest BCUT2D eigenvalue weighted by molar-refractivity contribution is 5.66. The van der Waals surface area contributed by atoms with Crippen molar-refractivity contribution in [2.24, 2.45) is 0 Å². The van der Waals surface area contributed by atoms with Crippen molar-refractivity contribution >= 4 is 11.4 Å². The highest BCUT2D eigenvalue weighted by Crippen LogP contribution is 2.42. The van der Waals surface area contributed by atoms with Crippen molar-refractivity contribution in [3.05, 3.63) is 118 Å². The first-order chi connectivity index (χ1) is 15.9. The third-order valence-corrected chi connectivity index (χ3v) is 7.10. The molecule has 0 aliphatic carbocycles. The summed E-state index contributed by atoms with van der Waals surface area (Å²) in [4.78, 5) is 0. The highest BCUT2D eigenvalue weighted by atomic mass is 14.6. The zero-order valence-electron chi connectivity index (χ0n) is 20.2. The second-order valence-corrected chi connectivity index (χ2v) is 9.06. The Bertz CT molecular complexity index is 1260. The Labute approximate surface area is 198 Å². The molecule has 4 aromatic carbocycles. The molecular formula is C31H34N2. The van der Waals surface area contributed by atoms with Crippen molar-refractivity contribution in [3.8, 4) is 11.1 Å². The van der Waals surface area contributed by atoms with Crippen LogP contribution in [0.1, 0.15) is 54.2 Å². The highest BCUT2D eigenvalue weighted by Gasteiger charge is 2.32. The first kappa shape index (κ1) is 22.7. The topological polar surface area (TPSA) is 52.0 Å². The lowest BCUT2D eigenvalue weighted by atomic mass is 9.69. The standard InChI is InChI=1S/C31H34N2/c1-5-22-19-27(16-17-29(22)32)31(4,28-18-21(3)30(33)23(6-2)20-28)26-14-12-25(13-15-26)24-10-8-7-9-11-24/h7-20H,5-6,32-33H2,1-4H3. The summed E-state index contributed by atoms with van der Waals surface area (Å²) in [6, 6.07) is 30.5. The van der Waals surface area contributed by atoms with Gasteiger partial charge < -0.3 is 11.5 Å². The van der Waals surface area contributed by atoms with E-state index < -0.39 is 0 Å². The number of nitrogens with two attached hydrogens (primary N) is 2. The molecule has 33 heavy (non-hydrogen) atoms. The van der Waals surface area contributed by atoms with Crippen molar-refractivity contribution in [3.63, 3.8) is 0 Å². The van der Waals surface area contributed by atoms with E-state index in [4.69, 9.17) is 11.5 Å². The largest absolute Gasteiger partial charge is 0.399 e. The van der Waals surface area contributed by atoms with Gasteiger partial charge in [0.1, 0.15) is 0 Å². The molecule has 0 radical (unpaired) electrons. The fourth-order valence-electron chi connectivity index (χ4n) is 4.80. The summed E-state index contributed by atoms with van der Waals surface area (Å²) in [5.74, 6) is 0. The van der Waals surface area contributed by atoms with E-state index in [2.05, 4.69) is 113 Å². The van der Waals surface area contributed by atoms with E-state index >= 15 is 0 Å². The van der Waals surface area contributed by atoms with Crippen molar-refractivity contribution in [1.29, 1.82) is 0 Å². The van der Waals surface area contributed by atoms with Crippen LogP contribution in [0.3, 0.4) is 0 Å². The van der Waals surface area contributed by atoms with Crippen LogP contribution in [0, 0.1) is 6.92 Å². The van der Waals surface area contributed by atoms with Crippen LogP contribution in [0.2, 0.25) is 0 Å². The second kappa shape index (κ2) is 9.15. The maximum atomic E-state index is 6.42. The van der Waals surface area contributed by atoms with Crippen LogP contribution in [0.4, 0.5) is 11.4 Å². The molecule has 4 N–H and O–H groups in total. The molecule has 0 amide bonds. The average molecular weight is 435 g/mol. The van der Waals surface area contributed by atoms with Gasteiger partial charge in [-0.25, -0.2) is 0 Å². The Morgan fingerprint density at radius 3 is 1.85 bits per heavy atom. The van der Waals surface area contributed by atoms with Crippen molar-refractivity contribution < 1.29 is 0 Å². The first-order valence-electron chi connectivity index (χ1n) is 11.8. The Hall–Kier alpha value is -3.52. The number of aryl methyl sites for hydroxylation is 3. The van der Waals surface area contributed by atoms with E-state index in [0.717, 1.165) is 29.8 Å². The van der Waals surface area contributed by atoms with Gasteiger partial charge in [-0.3, -0.25) is 0 Å². The van der Waals surface area contributed by atoms with Crippen LogP contribution in [-0.4, -0.2) is 0 Å². The lowest BCUT2D eigenvalue weighted by molar-refractivity contribution is 0.689. The van der Waals surface area contributed by atoms with Gasteiger partial charge in [0.05, 0.1) is 0 Å².